The van der Waals surface area contributed by atoms with E-state index < -0.39 is 22.7 Å². The Morgan fingerprint density at radius 3 is 2.30 bits per heavy atom. The number of carboxylic acids is 1. The number of rotatable bonds is 4. The fraction of sp³-hybridized carbons (Fsp3) is 0.0714. The van der Waals surface area contributed by atoms with Gasteiger partial charge in [0.25, 0.3) is 5.69 Å². The van der Waals surface area contributed by atoms with Crippen molar-refractivity contribution in [1.82, 2.24) is 0 Å². The van der Waals surface area contributed by atoms with Crippen molar-refractivity contribution in [2.45, 2.75) is 6.10 Å². The number of nitrogens with zero attached hydrogens (tertiary/aromatic N) is 1. The quantitative estimate of drug-likeness (QED) is 0.658. The van der Waals surface area contributed by atoms with Gasteiger partial charge >= 0.3 is 5.97 Å². The van der Waals surface area contributed by atoms with Crippen LogP contribution in [0.3, 0.4) is 0 Å². The summed E-state index contributed by atoms with van der Waals surface area (Å²) < 4.78 is 0. The molecule has 0 heterocycles. The van der Waals surface area contributed by atoms with E-state index >= 15 is 0 Å². The number of carboxylic acid groups (broad SMARTS) is 1. The first-order valence-corrected chi connectivity index (χ1v) is 5.75. The molecule has 0 bridgehead atoms. The maximum absolute atomic E-state index is 11.0. The number of benzene rings is 2. The second-order valence-electron chi connectivity index (χ2n) is 4.14. The third-order valence-corrected chi connectivity index (χ3v) is 2.86. The van der Waals surface area contributed by atoms with Crippen LogP contribution >= 0.6 is 0 Å². The molecule has 0 fully saturated rings. The average Bonchev–Trinajstić information content (AvgIpc) is 2.46. The van der Waals surface area contributed by atoms with Crippen LogP contribution in [0.5, 0.6) is 0 Å². The zero-order valence-electron chi connectivity index (χ0n) is 10.3. The highest BCUT2D eigenvalue weighted by atomic mass is 16.6. The number of hydrogen-bond donors (Lipinski definition) is 2. The summed E-state index contributed by atoms with van der Waals surface area (Å²) in [5.74, 6) is -1.53. The van der Waals surface area contributed by atoms with E-state index in [0.29, 0.717) is 5.56 Å². The fourth-order valence-corrected chi connectivity index (χ4v) is 1.88. The molecule has 6 heteroatoms. The monoisotopic (exact) mass is 273 g/mol. The Bertz CT molecular complexity index is 654. The van der Waals surface area contributed by atoms with Gasteiger partial charge in [0.15, 0.2) is 6.10 Å². The van der Waals surface area contributed by atoms with E-state index in [9.17, 15) is 20.0 Å². The zero-order chi connectivity index (χ0) is 14.7. The van der Waals surface area contributed by atoms with Crippen molar-refractivity contribution >= 4 is 11.7 Å². The Morgan fingerprint density at radius 1 is 1.10 bits per heavy atom. The molecule has 0 spiro atoms. The minimum atomic E-state index is -1.92. The summed E-state index contributed by atoms with van der Waals surface area (Å²) >= 11 is 0. The summed E-state index contributed by atoms with van der Waals surface area (Å²) in [7, 11) is 0. The summed E-state index contributed by atoms with van der Waals surface area (Å²) in [6.07, 6.45) is -1.92. The van der Waals surface area contributed by atoms with Crippen molar-refractivity contribution in [3.8, 4) is 11.1 Å². The number of aliphatic hydroxyl groups is 1. The van der Waals surface area contributed by atoms with Gasteiger partial charge in [-0.15, -0.1) is 0 Å². The van der Waals surface area contributed by atoms with Gasteiger partial charge in [0.05, 0.1) is 10.5 Å². The van der Waals surface area contributed by atoms with Gasteiger partial charge in [-0.2, -0.15) is 0 Å². The summed E-state index contributed by atoms with van der Waals surface area (Å²) in [4.78, 5) is 21.1. The number of aliphatic hydroxyl groups excluding tert-OH is 1. The van der Waals surface area contributed by atoms with E-state index in [0.717, 1.165) is 5.56 Å². The summed E-state index contributed by atoms with van der Waals surface area (Å²) in [5, 5.41) is 29.3. The highest BCUT2D eigenvalue weighted by molar-refractivity contribution is 5.77. The lowest BCUT2D eigenvalue weighted by Crippen LogP contribution is -2.12. The maximum Gasteiger partial charge on any atom is 0.337 e. The molecule has 2 rings (SSSR count). The smallest absolute Gasteiger partial charge is 0.337 e. The van der Waals surface area contributed by atoms with E-state index in [-0.39, 0.29) is 5.56 Å². The number of hydrogen-bond acceptors (Lipinski definition) is 4. The molecule has 0 aliphatic carbocycles. The fourth-order valence-electron chi connectivity index (χ4n) is 1.88. The summed E-state index contributed by atoms with van der Waals surface area (Å²) in [6.45, 7) is 0. The number of nitro benzene ring substituents is 1. The van der Waals surface area contributed by atoms with Crippen LogP contribution in [0, 0.1) is 10.1 Å². The molecule has 0 aliphatic heterocycles. The molecule has 0 aliphatic rings. The van der Waals surface area contributed by atoms with Gasteiger partial charge in [0.1, 0.15) is 0 Å². The normalized spacial score (nSPS) is 11.8. The molecule has 0 saturated heterocycles. The van der Waals surface area contributed by atoms with Crippen molar-refractivity contribution < 1.29 is 19.9 Å². The lowest BCUT2D eigenvalue weighted by atomic mass is 10.00. The van der Waals surface area contributed by atoms with Crippen LogP contribution in [0.15, 0.2) is 48.5 Å². The average molecular weight is 273 g/mol. The van der Waals surface area contributed by atoms with Crippen molar-refractivity contribution in [3.05, 3.63) is 64.2 Å². The van der Waals surface area contributed by atoms with Gasteiger partial charge < -0.3 is 10.2 Å². The molecule has 102 valence electrons. The van der Waals surface area contributed by atoms with E-state index in [1.54, 1.807) is 30.3 Å². The standard InChI is InChI=1S/C14H11NO5/c16-13(14(17)18)11-7-6-10(8-12(11)15(19)20)9-4-2-1-3-5-9/h1-8,13,16H,(H,17,18). The second-order valence-corrected chi connectivity index (χ2v) is 4.14. The van der Waals surface area contributed by atoms with E-state index in [1.165, 1.54) is 12.1 Å². The highest BCUT2D eigenvalue weighted by Gasteiger charge is 2.26. The van der Waals surface area contributed by atoms with Crippen LogP contribution < -0.4 is 0 Å². The van der Waals surface area contributed by atoms with Crippen molar-refractivity contribution in [3.63, 3.8) is 0 Å². The molecule has 0 amide bonds. The van der Waals surface area contributed by atoms with Crippen LogP contribution in [-0.2, 0) is 4.79 Å². The van der Waals surface area contributed by atoms with Crippen LogP contribution in [-0.4, -0.2) is 21.1 Å². The van der Waals surface area contributed by atoms with E-state index in [2.05, 4.69) is 0 Å². The molecule has 1 unspecified atom stereocenters. The minimum absolute atomic E-state index is 0.234. The number of aliphatic carboxylic acids is 1. The maximum atomic E-state index is 11.0. The zero-order valence-corrected chi connectivity index (χ0v) is 10.3. The van der Waals surface area contributed by atoms with E-state index in [4.69, 9.17) is 5.11 Å². The Balaban J connectivity index is 2.54. The summed E-state index contributed by atoms with van der Waals surface area (Å²) in [6, 6.07) is 13.0. The number of carbonyl (C=O) groups is 1. The Hall–Kier alpha value is -2.73. The molecular weight excluding hydrogens is 262 g/mol. The van der Waals surface area contributed by atoms with Crippen LogP contribution in [0.1, 0.15) is 11.7 Å². The molecule has 0 aromatic heterocycles. The predicted octanol–water partition coefficient (Wildman–Crippen LogP) is 2.38. The van der Waals surface area contributed by atoms with Gasteiger partial charge in [0.2, 0.25) is 0 Å². The second kappa shape index (κ2) is 5.50. The van der Waals surface area contributed by atoms with Crippen molar-refractivity contribution in [2.75, 3.05) is 0 Å². The van der Waals surface area contributed by atoms with Gasteiger partial charge in [-0.25, -0.2) is 4.79 Å². The van der Waals surface area contributed by atoms with Crippen molar-refractivity contribution in [2.24, 2.45) is 0 Å². The largest absolute Gasteiger partial charge is 0.479 e. The van der Waals surface area contributed by atoms with E-state index in [1.807, 2.05) is 6.07 Å². The molecule has 0 radical (unpaired) electrons. The van der Waals surface area contributed by atoms with Gasteiger partial charge in [0, 0.05) is 6.07 Å². The SMILES string of the molecule is O=C(O)C(O)c1ccc(-c2ccccc2)cc1[N+](=O)[O-]. The topological polar surface area (TPSA) is 101 Å². The van der Waals surface area contributed by atoms with Crippen LogP contribution in [0.2, 0.25) is 0 Å². The Labute approximate surface area is 114 Å². The molecule has 2 N–H and O–H groups in total. The molecule has 2 aromatic rings. The third kappa shape index (κ3) is 2.65. The predicted molar refractivity (Wildman–Crippen MR) is 71.1 cm³/mol. The first-order valence-electron chi connectivity index (χ1n) is 5.75. The molecule has 0 saturated carbocycles. The highest BCUT2D eigenvalue weighted by Crippen LogP contribution is 2.30. The van der Waals surface area contributed by atoms with Crippen LogP contribution in [0.25, 0.3) is 11.1 Å². The molecule has 20 heavy (non-hydrogen) atoms. The Kier molecular flexibility index (Phi) is 3.76. The minimum Gasteiger partial charge on any atom is -0.479 e. The lowest BCUT2D eigenvalue weighted by molar-refractivity contribution is -0.386. The number of nitro groups is 1. The lowest BCUT2D eigenvalue weighted by Gasteiger charge is -2.08. The Morgan fingerprint density at radius 2 is 1.75 bits per heavy atom. The van der Waals surface area contributed by atoms with Gasteiger partial charge in [-0.1, -0.05) is 36.4 Å². The van der Waals surface area contributed by atoms with Crippen molar-refractivity contribution in [1.29, 1.82) is 0 Å². The molecule has 1 atom stereocenters. The third-order valence-electron chi connectivity index (χ3n) is 2.86. The molecule has 2 aromatic carbocycles. The van der Waals surface area contributed by atoms with Gasteiger partial charge in [-0.05, 0) is 17.2 Å². The van der Waals surface area contributed by atoms with Gasteiger partial charge in [-0.3, -0.25) is 10.1 Å². The first-order chi connectivity index (χ1) is 9.50. The molecule has 6 nitrogen and oxygen atoms in total. The van der Waals surface area contributed by atoms with Crippen LogP contribution in [0.4, 0.5) is 5.69 Å². The molecular formula is C14H11NO5. The summed E-state index contributed by atoms with van der Waals surface area (Å²) in [5.41, 5.74) is 0.703. The first kappa shape index (κ1) is 13.7.